The Bertz CT molecular complexity index is 942. The summed E-state index contributed by atoms with van der Waals surface area (Å²) >= 11 is 0. The van der Waals surface area contributed by atoms with Gasteiger partial charge in [0.05, 0.1) is 21.9 Å². The van der Waals surface area contributed by atoms with E-state index in [9.17, 15) is 19.7 Å². The summed E-state index contributed by atoms with van der Waals surface area (Å²) in [5.41, 5.74) is 6.76. The van der Waals surface area contributed by atoms with Crippen LogP contribution in [-0.2, 0) is 9.59 Å². The highest BCUT2D eigenvalue weighted by Gasteiger charge is 2.35. The molecule has 138 valence electrons. The zero-order valence-electron chi connectivity index (χ0n) is 14.5. The minimum absolute atomic E-state index is 0.0457. The average molecular weight is 367 g/mol. The molecule has 0 bridgehead atoms. The maximum Gasteiger partial charge on any atom is 0.274 e. The van der Waals surface area contributed by atoms with E-state index < -0.39 is 22.8 Å². The number of rotatable bonds is 5. The number of hydrogen-bond acceptors (Lipinski definition) is 6. The van der Waals surface area contributed by atoms with E-state index in [0.717, 1.165) is 0 Å². The lowest BCUT2D eigenvalue weighted by Crippen LogP contribution is -2.39. The summed E-state index contributed by atoms with van der Waals surface area (Å²) in [6.07, 6.45) is 0.0457. The van der Waals surface area contributed by atoms with Gasteiger partial charge in [0.25, 0.3) is 11.6 Å². The van der Waals surface area contributed by atoms with Gasteiger partial charge in [0.15, 0.2) is 0 Å². The van der Waals surface area contributed by atoms with Crippen LogP contribution in [0.1, 0.15) is 12.0 Å². The number of primary amides is 1. The molecule has 1 aliphatic heterocycles. The molecule has 1 heterocycles. The molecule has 0 aromatic heterocycles. The maximum atomic E-state index is 12.6. The molecule has 9 nitrogen and oxygen atoms in total. The summed E-state index contributed by atoms with van der Waals surface area (Å²) in [6, 6.07) is 12.5. The Labute approximate surface area is 154 Å². The third-order valence-electron chi connectivity index (χ3n) is 4.27. The molecule has 27 heavy (non-hydrogen) atoms. The van der Waals surface area contributed by atoms with Crippen LogP contribution in [0.15, 0.2) is 53.6 Å². The highest BCUT2D eigenvalue weighted by atomic mass is 16.6. The number of nitrogens with one attached hydrogen (secondary N) is 1. The summed E-state index contributed by atoms with van der Waals surface area (Å²) < 4.78 is 0. The van der Waals surface area contributed by atoms with E-state index in [1.807, 2.05) is 6.07 Å². The number of carbonyl (C=O) groups is 2. The molecule has 0 spiro atoms. The predicted octanol–water partition coefficient (Wildman–Crippen LogP) is 1.96. The molecule has 1 aliphatic rings. The molecule has 0 radical (unpaired) electrons. The standard InChI is InChI=1S/C18H17N5O4/c1-11-13(8-5-9-15(11)23(26)27)20-18(25)14-10-16(17(19)24)22(21-14)12-6-3-2-4-7-12/h2-9,16H,10H2,1H3,(H2,19,24)(H,20,25). The highest BCUT2D eigenvalue weighted by molar-refractivity contribution is 6.44. The van der Waals surface area contributed by atoms with Gasteiger partial charge in [0, 0.05) is 12.5 Å². The quantitative estimate of drug-likeness (QED) is 0.616. The molecule has 2 aromatic rings. The monoisotopic (exact) mass is 367 g/mol. The van der Waals surface area contributed by atoms with Crippen LogP contribution < -0.4 is 16.1 Å². The first-order valence-corrected chi connectivity index (χ1v) is 8.15. The van der Waals surface area contributed by atoms with E-state index in [4.69, 9.17) is 5.73 Å². The van der Waals surface area contributed by atoms with E-state index in [-0.39, 0.29) is 17.8 Å². The van der Waals surface area contributed by atoms with E-state index in [0.29, 0.717) is 16.9 Å². The van der Waals surface area contributed by atoms with Gasteiger partial charge in [0.2, 0.25) is 5.91 Å². The van der Waals surface area contributed by atoms with Gasteiger partial charge < -0.3 is 11.1 Å². The number of amides is 2. The normalized spacial score (nSPS) is 16.0. The molecule has 1 unspecified atom stereocenters. The SMILES string of the molecule is Cc1c(NC(=O)C2=NN(c3ccccc3)C(C(N)=O)C2)cccc1[N+](=O)[O-]. The van der Waals surface area contributed by atoms with Crippen molar-refractivity contribution in [2.24, 2.45) is 10.8 Å². The fourth-order valence-corrected chi connectivity index (χ4v) is 2.84. The minimum Gasteiger partial charge on any atom is -0.368 e. The van der Waals surface area contributed by atoms with Crippen molar-refractivity contribution in [3.8, 4) is 0 Å². The number of carbonyl (C=O) groups excluding carboxylic acids is 2. The van der Waals surface area contributed by atoms with Crippen LogP contribution in [0.3, 0.4) is 0 Å². The molecule has 9 heteroatoms. The largest absolute Gasteiger partial charge is 0.368 e. The third kappa shape index (κ3) is 3.61. The maximum absolute atomic E-state index is 12.6. The van der Waals surface area contributed by atoms with Gasteiger partial charge in [-0.25, -0.2) is 0 Å². The third-order valence-corrected chi connectivity index (χ3v) is 4.27. The van der Waals surface area contributed by atoms with Crippen molar-refractivity contribution in [3.63, 3.8) is 0 Å². The van der Waals surface area contributed by atoms with Crippen LogP contribution >= 0.6 is 0 Å². The van der Waals surface area contributed by atoms with Gasteiger partial charge in [-0.3, -0.25) is 24.7 Å². The molecule has 0 saturated carbocycles. The van der Waals surface area contributed by atoms with Gasteiger partial charge in [-0.1, -0.05) is 24.3 Å². The number of anilines is 2. The minimum atomic E-state index is -0.778. The summed E-state index contributed by atoms with van der Waals surface area (Å²) in [6.45, 7) is 1.55. The molecule has 3 rings (SSSR count). The summed E-state index contributed by atoms with van der Waals surface area (Å²) in [5, 5.41) is 19.3. The molecule has 2 amide bonds. The molecule has 0 fully saturated rings. The van der Waals surface area contributed by atoms with Gasteiger partial charge in [-0.15, -0.1) is 0 Å². The van der Waals surface area contributed by atoms with Gasteiger partial charge in [-0.2, -0.15) is 5.10 Å². The van der Waals surface area contributed by atoms with Crippen LogP contribution in [-0.4, -0.2) is 28.5 Å². The second-order valence-corrected chi connectivity index (χ2v) is 6.01. The smallest absolute Gasteiger partial charge is 0.274 e. The Morgan fingerprint density at radius 3 is 2.56 bits per heavy atom. The van der Waals surface area contributed by atoms with Crippen LogP contribution in [0.25, 0.3) is 0 Å². The number of nitro benzene ring substituents is 1. The average Bonchev–Trinajstić information content (AvgIpc) is 3.10. The zero-order valence-corrected chi connectivity index (χ0v) is 14.5. The van der Waals surface area contributed by atoms with Gasteiger partial charge >= 0.3 is 0 Å². The first kappa shape index (κ1) is 18.1. The molecule has 0 aliphatic carbocycles. The lowest BCUT2D eigenvalue weighted by Gasteiger charge is -2.20. The number of benzene rings is 2. The number of nitro groups is 1. The topological polar surface area (TPSA) is 131 Å². The van der Waals surface area contributed by atoms with Crippen molar-refractivity contribution in [1.82, 2.24) is 0 Å². The molecule has 3 N–H and O–H groups in total. The lowest BCUT2D eigenvalue weighted by molar-refractivity contribution is -0.385. The molecular weight excluding hydrogens is 350 g/mol. The Balaban J connectivity index is 1.86. The number of para-hydroxylation sites is 1. The Morgan fingerprint density at radius 1 is 1.22 bits per heavy atom. The fourth-order valence-electron chi connectivity index (χ4n) is 2.84. The second-order valence-electron chi connectivity index (χ2n) is 6.01. The molecule has 1 atom stereocenters. The van der Waals surface area contributed by atoms with Crippen molar-refractivity contribution in [1.29, 1.82) is 0 Å². The van der Waals surface area contributed by atoms with Crippen molar-refractivity contribution < 1.29 is 14.5 Å². The fraction of sp³-hybridized carbons (Fsp3) is 0.167. The van der Waals surface area contributed by atoms with Gasteiger partial charge in [-0.05, 0) is 25.1 Å². The Kier molecular flexibility index (Phi) is 4.84. The van der Waals surface area contributed by atoms with E-state index in [1.54, 1.807) is 37.3 Å². The second kappa shape index (κ2) is 7.24. The van der Waals surface area contributed by atoms with E-state index >= 15 is 0 Å². The lowest BCUT2D eigenvalue weighted by atomic mass is 10.1. The predicted molar refractivity (Wildman–Crippen MR) is 100 cm³/mol. The van der Waals surface area contributed by atoms with Crippen LogP contribution in [0.5, 0.6) is 0 Å². The van der Waals surface area contributed by atoms with Crippen LogP contribution in [0.2, 0.25) is 0 Å². The molecule has 0 saturated heterocycles. The molecular formula is C18H17N5O4. The summed E-state index contributed by atoms with van der Waals surface area (Å²) in [7, 11) is 0. The van der Waals surface area contributed by atoms with Gasteiger partial charge in [0.1, 0.15) is 11.8 Å². The number of hydrazone groups is 1. The number of nitrogens with two attached hydrogens (primary N) is 1. The molecule has 2 aromatic carbocycles. The summed E-state index contributed by atoms with van der Waals surface area (Å²) in [5.74, 6) is -1.14. The van der Waals surface area contributed by atoms with Crippen molar-refractivity contribution >= 4 is 34.6 Å². The first-order chi connectivity index (χ1) is 12.9. The van der Waals surface area contributed by atoms with Crippen LogP contribution in [0.4, 0.5) is 17.1 Å². The highest BCUT2D eigenvalue weighted by Crippen LogP contribution is 2.27. The summed E-state index contributed by atoms with van der Waals surface area (Å²) in [4.78, 5) is 34.9. The van der Waals surface area contributed by atoms with Crippen molar-refractivity contribution in [3.05, 3.63) is 64.2 Å². The number of hydrogen-bond donors (Lipinski definition) is 2. The van der Waals surface area contributed by atoms with Crippen LogP contribution in [0, 0.1) is 17.0 Å². The van der Waals surface area contributed by atoms with Crippen molar-refractivity contribution in [2.45, 2.75) is 19.4 Å². The zero-order chi connectivity index (χ0) is 19.6. The number of nitrogens with zero attached hydrogens (tertiary/aromatic N) is 3. The van der Waals surface area contributed by atoms with E-state index in [2.05, 4.69) is 10.4 Å². The van der Waals surface area contributed by atoms with E-state index in [1.165, 1.54) is 17.1 Å². The Hall–Kier alpha value is -3.75. The van der Waals surface area contributed by atoms with Crippen molar-refractivity contribution in [2.75, 3.05) is 10.3 Å². The Morgan fingerprint density at radius 2 is 1.93 bits per heavy atom. The first-order valence-electron chi connectivity index (χ1n) is 8.15.